The topological polar surface area (TPSA) is 95.7 Å². The Morgan fingerprint density at radius 3 is 2.38 bits per heavy atom. The van der Waals surface area contributed by atoms with Crippen LogP contribution in [0.25, 0.3) is 0 Å². The zero-order valence-corrected chi connectivity index (χ0v) is 20.5. The number of carbonyl (C=O) groups is 3. The molecule has 3 amide bonds. The number of hydrogen-bond donors (Lipinski definition) is 2. The van der Waals surface area contributed by atoms with Crippen molar-refractivity contribution in [2.24, 2.45) is 11.7 Å². The van der Waals surface area contributed by atoms with E-state index in [-0.39, 0.29) is 29.8 Å². The van der Waals surface area contributed by atoms with Gasteiger partial charge in [-0.2, -0.15) is 0 Å². The smallest absolute Gasteiger partial charge is 0.264 e. The molecule has 7 heteroatoms. The summed E-state index contributed by atoms with van der Waals surface area (Å²) in [6, 6.07) is 7.67. The van der Waals surface area contributed by atoms with Crippen LogP contribution < -0.4 is 11.1 Å². The van der Waals surface area contributed by atoms with Crippen LogP contribution >= 0.6 is 0 Å². The highest BCUT2D eigenvalue weighted by atomic mass is 16.2. The van der Waals surface area contributed by atoms with E-state index in [0.29, 0.717) is 37.4 Å². The highest BCUT2D eigenvalue weighted by molar-refractivity contribution is 5.99. The predicted octanol–water partition coefficient (Wildman–Crippen LogP) is 3.35. The number of amides is 3. The Morgan fingerprint density at radius 2 is 1.68 bits per heavy atom. The number of rotatable bonds is 6. The van der Waals surface area contributed by atoms with Crippen molar-refractivity contribution in [1.29, 1.82) is 0 Å². The van der Waals surface area contributed by atoms with E-state index >= 15 is 0 Å². The summed E-state index contributed by atoms with van der Waals surface area (Å²) in [6.45, 7) is 2.92. The second-order valence-electron chi connectivity index (χ2n) is 10.5. The van der Waals surface area contributed by atoms with Crippen molar-refractivity contribution in [2.45, 2.75) is 95.8 Å². The summed E-state index contributed by atoms with van der Waals surface area (Å²) in [5.41, 5.74) is 7.59. The number of benzene rings is 1. The van der Waals surface area contributed by atoms with Gasteiger partial charge in [0.05, 0.1) is 0 Å². The minimum Gasteiger partial charge on any atom is -0.350 e. The van der Waals surface area contributed by atoms with Crippen LogP contribution in [0.15, 0.2) is 24.3 Å². The first kappa shape index (κ1) is 24.7. The molecule has 0 aromatic heterocycles. The van der Waals surface area contributed by atoms with E-state index in [9.17, 15) is 14.4 Å². The number of hydrogen-bond acceptors (Lipinski definition) is 4. The lowest BCUT2D eigenvalue weighted by atomic mass is 9.91. The van der Waals surface area contributed by atoms with E-state index in [4.69, 9.17) is 5.73 Å². The highest BCUT2D eigenvalue weighted by Crippen LogP contribution is 2.29. The van der Waals surface area contributed by atoms with E-state index in [1.807, 2.05) is 25.1 Å². The number of nitrogens with zero attached hydrogens (tertiary/aromatic N) is 2. The monoisotopic (exact) mass is 468 g/mol. The Hall–Kier alpha value is -2.41. The van der Waals surface area contributed by atoms with Gasteiger partial charge in [0.15, 0.2) is 6.17 Å². The molecule has 186 valence electrons. The van der Waals surface area contributed by atoms with Crippen molar-refractivity contribution >= 4 is 17.7 Å². The molecule has 1 atom stereocenters. The fourth-order valence-corrected chi connectivity index (χ4v) is 5.83. The van der Waals surface area contributed by atoms with Crippen LogP contribution in [0.3, 0.4) is 0 Å². The van der Waals surface area contributed by atoms with E-state index in [0.717, 1.165) is 37.7 Å². The van der Waals surface area contributed by atoms with E-state index in [2.05, 4.69) is 5.32 Å². The van der Waals surface area contributed by atoms with Crippen LogP contribution in [0.4, 0.5) is 0 Å². The van der Waals surface area contributed by atoms with E-state index < -0.39 is 6.17 Å². The molecule has 1 aromatic carbocycles. The Balaban J connectivity index is 1.52. The lowest BCUT2D eigenvalue weighted by Crippen LogP contribution is -2.64. The molecule has 3 aliphatic rings. The molecule has 7 nitrogen and oxygen atoms in total. The van der Waals surface area contributed by atoms with Crippen LogP contribution in [-0.4, -0.2) is 58.9 Å². The maximum atomic E-state index is 13.6. The minimum absolute atomic E-state index is 0.0144. The summed E-state index contributed by atoms with van der Waals surface area (Å²) in [4.78, 5) is 43.8. The second kappa shape index (κ2) is 11.3. The summed E-state index contributed by atoms with van der Waals surface area (Å²) in [6.07, 6.45) is 9.41. The van der Waals surface area contributed by atoms with Gasteiger partial charge >= 0.3 is 0 Å². The summed E-state index contributed by atoms with van der Waals surface area (Å²) in [5.74, 6) is 0.162. The zero-order chi connectivity index (χ0) is 24.1. The lowest BCUT2D eigenvalue weighted by Gasteiger charge is -2.43. The Morgan fingerprint density at radius 1 is 0.971 bits per heavy atom. The SMILES string of the molecule is Cc1cccc(C(=O)N2CCCN(C(=O)CCC3CCCC3)C2C(=O)NC2CCC(N)CC2)c1. The van der Waals surface area contributed by atoms with Crippen molar-refractivity contribution in [3.8, 4) is 0 Å². The first-order chi connectivity index (χ1) is 16.4. The number of aryl methyl sites for hydroxylation is 1. The van der Waals surface area contributed by atoms with Gasteiger partial charge < -0.3 is 20.9 Å². The molecule has 2 aliphatic carbocycles. The van der Waals surface area contributed by atoms with Gasteiger partial charge in [-0.05, 0) is 63.5 Å². The molecule has 0 spiro atoms. The van der Waals surface area contributed by atoms with Gasteiger partial charge in [-0.25, -0.2) is 0 Å². The summed E-state index contributed by atoms with van der Waals surface area (Å²) >= 11 is 0. The first-order valence-corrected chi connectivity index (χ1v) is 13.2. The largest absolute Gasteiger partial charge is 0.350 e. The van der Waals surface area contributed by atoms with Gasteiger partial charge in [-0.1, -0.05) is 43.4 Å². The molecular weight excluding hydrogens is 428 g/mol. The quantitative estimate of drug-likeness (QED) is 0.669. The normalized spacial score (nSPS) is 25.9. The fourth-order valence-electron chi connectivity index (χ4n) is 5.83. The van der Waals surface area contributed by atoms with Gasteiger partial charge in [0.25, 0.3) is 11.8 Å². The van der Waals surface area contributed by atoms with Crippen LogP contribution in [-0.2, 0) is 9.59 Å². The van der Waals surface area contributed by atoms with Gasteiger partial charge in [-0.15, -0.1) is 0 Å². The summed E-state index contributed by atoms with van der Waals surface area (Å²) < 4.78 is 0. The Labute approximate surface area is 203 Å². The van der Waals surface area contributed by atoms with Crippen molar-refractivity contribution in [1.82, 2.24) is 15.1 Å². The first-order valence-electron chi connectivity index (χ1n) is 13.2. The minimum atomic E-state index is -0.895. The van der Waals surface area contributed by atoms with Crippen LogP contribution in [0.1, 0.15) is 86.6 Å². The van der Waals surface area contributed by atoms with E-state index in [1.165, 1.54) is 25.7 Å². The molecule has 4 rings (SSSR count). The van der Waals surface area contributed by atoms with Gasteiger partial charge in [0.2, 0.25) is 5.91 Å². The van der Waals surface area contributed by atoms with E-state index in [1.54, 1.807) is 15.9 Å². The van der Waals surface area contributed by atoms with Crippen LogP contribution in [0, 0.1) is 12.8 Å². The molecule has 34 heavy (non-hydrogen) atoms. The van der Waals surface area contributed by atoms with Crippen LogP contribution in [0.2, 0.25) is 0 Å². The number of nitrogens with two attached hydrogens (primary N) is 1. The molecule has 1 heterocycles. The standard InChI is InChI=1S/C27H40N4O3/c1-19-6-4-9-21(18-19)27(34)31-17-5-16-30(24(32)15-10-20-7-2-3-8-20)26(31)25(33)29-23-13-11-22(28)12-14-23/h4,6,9,18,20,22-23,26H,2-3,5,7-8,10-17,28H2,1H3,(H,29,33). The van der Waals surface area contributed by atoms with Crippen molar-refractivity contribution in [2.75, 3.05) is 13.1 Å². The van der Waals surface area contributed by atoms with Crippen molar-refractivity contribution in [3.63, 3.8) is 0 Å². The second-order valence-corrected chi connectivity index (χ2v) is 10.5. The van der Waals surface area contributed by atoms with Gasteiger partial charge in [0.1, 0.15) is 0 Å². The molecule has 3 fully saturated rings. The third-order valence-corrected chi connectivity index (χ3v) is 7.83. The summed E-state index contributed by atoms with van der Waals surface area (Å²) in [7, 11) is 0. The number of nitrogens with one attached hydrogen (secondary N) is 1. The van der Waals surface area contributed by atoms with Crippen molar-refractivity contribution in [3.05, 3.63) is 35.4 Å². The highest BCUT2D eigenvalue weighted by Gasteiger charge is 2.41. The van der Waals surface area contributed by atoms with Crippen molar-refractivity contribution < 1.29 is 14.4 Å². The molecule has 1 unspecified atom stereocenters. The van der Waals surface area contributed by atoms with Gasteiger partial charge in [0, 0.05) is 37.2 Å². The third kappa shape index (κ3) is 5.98. The zero-order valence-electron chi connectivity index (χ0n) is 20.5. The maximum Gasteiger partial charge on any atom is 0.264 e. The predicted molar refractivity (Wildman–Crippen MR) is 132 cm³/mol. The average molecular weight is 469 g/mol. The number of carbonyl (C=O) groups excluding carboxylic acids is 3. The Bertz CT molecular complexity index is 874. The lowest BCUT2D eigenvalue weighted by molar-refractivity contribution is -0.149. The fraction of sp³-hybridized carbons (Fsp3) is 0.667. The van der Waals surface area contributed by atoms with Crippen LogP contribution in [0.5, 0.6) is 0 Å². The Kier molecular flexibility index (Phi) is 8.24. The molecule has 2 saturated carbocycles. The average Bonchev–Trinajstić information content (AvgIpc) is 3.37. The molecule has 1 saturated heterocycles. The van der Waals surface area contributed by atoms with Gasteiger partial charge in [-0.3, -0.25) is 14.4 Å². The molecule has 1 aromatic rings. The summed E-state index contributed by atoms with van der Waals surface area (Å²) in [5, 5.41) is 3.16. The molecule has 3 N–H and O–H groups in total. The molecule has 1 aliphatic heterocycles. The molecular formula is C27H40N4O3. The maximum absolute atomic E-state index is 13.6. The molecule has 0 bridgehead atoms. The molecule has 0 radical (unpaired) electrons. The third-order valence-electron chi connectivity index (χ3n) is 7.83.